The zero-order chi connectivity index (χ0) is 14.2. The number of halogens is 1. The SMILES string of the molecule is Cc1ccc(S(=O)(=O)N2C/C(=C/Br)[C@H](C)C2=O)cc1. The molecule has 1 fully saturated rings. The fourth-order valence-electron chi connectivity index (χ4n) is 1.93. The molecule has 6 heteroatoms. The van der Waals surface area contributed by atoms with Crippen molar-refractivity contribution in [2.24, 2.45) is 5.92 Å². The van der Waals surface area contributed by atoms with E-state index in [1.807, 2.05) is 6.92 Å². The Morgan fingerprint density at radius 1 is 1.32 bits per heavy atom. The van der Waals surface area contributed by atoms with Gasteiger partial charge in [0.25, 0.3) is 10.0 Å². The van der Waals surface area contributed by atoms with Crippen molar-refractivity contribution in [3.8, 4) is 0 Å². The summed E-state index contributed by atoms with van der Waals surface area (Å²) in [6, 6.07) is 6.49. The number of nitrogens with zero attached hydrogens (tertiary/aromatic N) is 1. The van der Waals surface area contributed by atoms with Crippen LogP contribution in [0.5, 0.6) is 0 Å². The van der Waals surface area contributed by atoms with E-state index in [9.17, 15) is 13.2 Å². The van der Waals surface area contributed by atoms with Gasteiger partial charge in [-0.25, -0.2) is 12.7 Å². The van der Waals surface area contributed by atoms with E-state index in [-0.39, 0.29) is 17.3 Å². The molecule has 1 saturated heterocycles. The second-order valence-corrected chi connectivity index (χ2v) is 6.89. The highest BCUT2D eigenvalue weighted by Gasteiger charge is 2.40. The highest BCUT2D eigenvalue weighted by Crippen LogP contribution is 2.29. The normalized spacial score (nSPS) is 22.3. The van der Waals surface area contributed by atoms with E-state index in [0.29, 0.717) is 0 Å². The highest BCUT2D eigenvalue weighted by molar-refractivity contribution is 9.11. The smallest absolute Gasteiger partial charge is 0.266 e. The predicted molar refractivity (Wildman–Crippen MR) is 76.3 cm³/mol. The molecule has 2 rings (SSSR count). The van der Waals surface area contributed by atoms with Gasteiger partial charge in [0.2, 0.25) is 5.91 Å². The van der Waals surface area contributed by atoms with Gasteiger partial charge in [0.05, 0.1) is 17.4 Å². The van der Waals surface area contributed by atoms with Crippen LogP contribution in [-0.2, 0) is 14.8 Å². The molecule has 1 heterocycles. The maximum absolute atomic E-state index is 12.4. The first-order valence-electron chi connectivity index (χ1n) is 5.80. The van der Waals surface area contributed by atoms with Gasteiger partial charge in [0.1, 0.15) is 0 Å². The van der Waals surface area contributed by atoms with Crippen molar-refractivity contribution in [3.63, 3.8) is 0 Å². The minimum atomic E-state index is -3.76. The van der Waals surface area contributed by atoms with Gasteiger partial charge >= 0.3 is 0 Å². The van der Waals surface area contributed by atoms with Gasteiger partial charge in [0, 0.05) is 0 Å². The third kappa shape index (κ3) is 2.47. The summed E-state index contributed by atoms with van der Waals surface area (Å²) in [5, 5.41) is 0. The molecule has 19 heavy (non-hydrogen) atoms. The van der Waals surface area contributed by atoms with Crippen LogP contribution in [0.4, 0.5) is 0 Å². The number of amides is 1. The van der Waals surface area contributed by atoms with E-state index in [1.54, 1.807) is 24.0 Å². The maximum atomic E-state index is 12.4. The molecular weight excluding hydrogens is 330 g/mol. The molecule has 1 aliphatic rings. The number of aryl methyl sites for hydroxylation is 1. The molecule has 4 nitrogen and oxygen atoms in total. The molecule has 0 bridgehead atoms. The number of hydrogen-bond acceptors (Lipinski definition) is 3. The number of carbonyl (C=O) groups is 1. The summed E-state index contributed by atoms with van der Waals surface area (Å²) < 4.78 is 25.8. The third-order valence-corrected chi connectivity index (χ3v) is 5.59. The van der Waals surface area contributed by atoms with Crippen molar-refractivity contribution in [3.05, 3.63) is 40.4 Å². The fraction of sp³-hybridized carbons (Fsp3) is 0.308. The van der Waals surface area contributed by atoms with Gasteiger partial charge in [-0.15, -0.1) is 0 Å². The van der Waals surface area contributed by atoms with Crippen LogP contribution in [0.25, 0.3) is 0 Å². The summed E-state index contributed by atoms with van der Waals surface area (Å²) in [5.41, 5.74) is 1.74. The lowest BCUT2D eigenvalue weighted by Gasteiger charge is -2.16. The number of rotatable bonds is 2. The second-order valence-electron chi connectivity index (χ2n) is 4.57. The average Bonchev–Trinajstić information content (AvgIpc) is 2.67. The lowest BCUT2D eigenvalue weighted by molar-refractivity contribution is -0.126. The molecular formula is C13H14BrNO3S. The summed E-state index contributed by atoms with van der Waals surface area (Å²) in [6.07, 6.45) is 0. The van der Waals surface area contributed by atoms with Crippen molar-refractivity contribution >= 4 is 31.9 Å². The van der Waals surface area contributed by atoms with Crippen LogP contribution in [0.15, 0.2) is 39.7 Å². The molecule has 0 radical (unpaired) electrons. The number of hydrogen-bond donors (Lipinski definition) is 0. The summed E-state index contributed by atoms with van der Waals surface area (Å²) in [4.78, 5) is 13.8. The topological polar surface area (TPSA) is 54.5 Å². The van der Waals surface area contributed by atoms with Gasteiger partial charge in [-0.2, -0.15) is 0 Å². The Morgan fingerprint density at radius 2 is 1.89 bits per heavy atom. The number of carbonyl (C=O) groups excluding carboxylic acids is 1. The Balaban J connectivity index is 2.41. The van der Waals surface area contributed by atoms with Gasteiger partial charge in [0.15, 0.2) is 0 Å². The number of benzene rings is 1. The molecule has 0 saturated carbocycles. The first-order valence-corrected chi connectivity index (χ1v) is 8.16. The summed E-state index contributed by atoms with van der Waals surface area (Å²) >= 11 is 3.17. The number of sulfonamides is 1. The van der Waals surface area contributed by atoms with Crippen LogP contribution in [0.2, 0.25) is 0 Å². The van der Waals surface area contributed by atoms with Gasteiger partial charge in [-0.3, -0.25) is 4.79 Å². The molecule has 0 aliphatic carbocycles. The van der Waals surface area contributed by atoms with E-state index < -0.39 is 15.9 Å². The summed E-state index contributed by atoms with van der Waals surface area (Å²) in [5.74, 6) is -0.786. The maximum Gasteiger partial charge on any atom is 0.266 e. The molecule has 1 aliphatic heterocycles. The standard InChI is InChI=1S/C13H14BrNO3S/c1-9-3-5-12(6-4-9)19(17,18)15-8-11(7-14)10(2)13(15)16/h3-7,10H,8H2,1-2H3/b11-7-/t10-/m0/s1. The molecule has 102 valence electrons. The Hall–Kier alpha value is -1.14. The van der Waals surface area contributed by atoms with E-state index in [2.05, 4.69) is 15.9 Å². The first-order chi connectivity index (χ1) is 8.87. The Bertz CT molecular complexity index is 634. The van der Waals surface area contributed by atoms with E-state index >= 15 is 0 Å². The van der Waals surface area contributed by atoms with Crippen molar-refractivity contribution in [2.45, 2.75) is 18.7 Å². The van der Waals surface area contributed by atoms with Crippen LogP contribution >= 0.6 is 15.9 Å². The molecule has 1 aromatic rings. The Morgan fingerprint density at radius 3 is 2.37 bits per heavy atom. The molecule has 0 aromatic heterocycles. The minimum Gasteiger partial charge on any atom is -0.273 e. The molecule has 0 spiro atoms. The molecule has 1 atom stereocenters. The second kappa shape index (κ2) is 5.09. The zero-order valence-corrected chi connectivity index (χ0v) is 13.0. The largest absolute Gasteiger partial charge is 0.273 e. The Kier molecular flexibility index (Phi) is 3.82. The fourth-order valence-corrected chi connectivity index (χ4v) is 3.91. The molecule has 1 amide bonds. The van der Waals surface area contributed by atoms with Crippen molar-refractivity contribution in [1.29, 1.82) is 0 Å². The summed E-state index contributed by atoms with van der Waals surface area (Å²) in [6.45, 7) is 3.70. The first kappa shape index (κ1) is 14.3. The predicted octanol–water partition coefficient (Wildman–Crippen LogP) is 2.44. The van der Waals surface area contributed by atoms with E-state index in [1.165, 1.54) is 12.1 Å². The average molecular weight is 344 g/mol. The minimum absolute atomic E-state index is 0.113. The van der Waals surface area contributed by atoms with E-state index in [4.69, 9.17) is 0 Å². The van der Waals surface area contributed by atoms with E-state index in [0.717, 1.165) is 15.4 Å². The van der Waals surface area contributed by atoms with Gasteiger partial charge in [-0.05, 0) is 36.5 Å². The highest BCUT2D eigenvalue weighted by atomic mass is 79.9. The van der Waals surface area contributed by atoms with Crippen molar-refractivity contribution in [2.75, 3.05) is 6.54 Å². The molecule has 0 unspecified atom stereocenters. The monoisotopic (exact) mass is 343 g/mol. The van der Waals surface area contributed by atoms with Crippen LogP contribution in [0.3, 0.4) is 0 Å². The van der Waals surface area contributed by atoms with Gasteiger partial charge < -0.3 is 0 Å². The van der Waals surface area contributed by atoms with Crippen LogP contribution in [-0.4, -0.2) is 25.2 Å². The Labute approximate surface area is 121 Å². The van der Waals surface area contributed by atoms with Crippen LogP contribution in [0.1, 0.15) is 12.5 Å². The van der Waals surface area contributed by atoms with Crippen molar-refractivity contribution < 1.29 is 13.2 Å². The quantitative estimate of drug-likeness (QED) is 0.828. The third-order valence-electron chi connectivity index (χ3n) is 3.25. The lowest BCUT2D eigenvalue weighted by atomic mass is 10.1. The van der Waals surface area contributed by atoms with Crippen LogP contribution < -0.4 is 0 Å². The zero-order valence-electron chi connectivity index (χ0n) is 10.6. The van der Waals surface area contributed by atoms with Gasteiger partial charge in [-0.1, -0.05) is 33.6 Å². The molecule has 1 aromatic carbocycles. The molecule has 0 N–H and O–H groups in total. The van der Waals surface area contributed by atoms with Crippen LogP contribution in [0, 0.1) is 12.8 Å². The summed E-state index contributed by atoms with van der Waals surface area (Å²) in [7, 11) is -3.76. The van der Waals surface area contributed by atoms with Crippen molar-refractivity contribution in [1.82, 2.24) is 4.31 Å². The lowest BCUT2D eigenvalue weighted by Crippen LogP contribution is -2.33.